The molecule has 0 saturated carbocycles. The molecular weight excluding hydrogens is 298 g/mol. The van der Waals surface area contributed by atoms with Crippen molar-refractivity contribution in [2.24, 2.45) is 0 Å². The van der Waals surface area contributed by atoms with Crippen LogP contribution in [0.3, 0.4) is 0 Å². The number of carbonyl (C=O) groups is 2. The SMILES string of the molecule is CCCCC(=O)N1CSCC1C(=O)NCCN1CCCCC1. The van der Waals surface area contributed by atoms with Gasteiger partial charge in [0.15, 0.2) is 0 Å². The zero-order chi connectivity index (χ0) is 15.8. The molecule has 6 heteroatoms. The predicted octanol–water partition coefficient (Wildman–Crippen LogP) is 1.68. The number of likely N-dealkylation sites (tertiary alicyclic amines) is 1. The maximum Gasteiger partial charge on any atom is 0.243 e. The van der Waals surface area contributed by atoms with Gasteiger partial charge in [-0.05, 0) is 32.4 Å². The van der Waals surface area contributed by atoms with Crippen LogP contribution in [0.4, 0.5) is 0 Å². The Kier molecular flexibility index (Phi) is 7.52. The van der Waals surface area contributed by atoms with Crippen LogP contribution in [0.2, 0.25) is 0 Å². The number of piperidine rings is 1. The van der Waals surface area contributed by atoms with E-state index >= 15 is 0 Å². The normalized spacial score (nSPS) is 22.8. The monoisotopic (exact) mass is 327 g/mol. The Balaban J connectivity index is 1.71. The van der Waals surface area contributed by atoms with E-state index in [-0.39, 0.29) is 17.9 Å². The number of amides is 2. The van der Waals surface area contributed by atoms with Gasteiger partial charge in [-0.3, -0.25) is 9.59 Å². The molecule has 1 N–H and O–H groups in total. The Morgan fingerprint density at radius 2 is 2.00 bits per heavy atom. The van der Waals surface area contributed by atoms with E-state index in [1.165, 1.54) is 19.3 Å². The zero-order valence-corrected chi connectivity index (χ0v) is 14.5. The molecule has 5 nitrogen and oxygen atoms in total. The summed E-state index contributed by atoms with van der Waals surface area (Å²) in [5, 5.41) is 3.03. The minimum atomic E-state index is -0.268. The summed E-state index contributed by atoms with van der Waals surface area (Å²) in [7, 11) is 0. The summed E-state index contributed by atoms with van der Waals surface area (Å²) in [6, 6.07) is -0.268. The van der Waals surface area contributed by atoms with E-state index in [0.29, 0.717) is 18.8 Å². The highest BCUT2D eigenvalue weighted by atomic mass is 32.2. The molecule has 0 radical (unpaired) electrons. The third-order valence-corrected chi connectivity index (χ3v) is 5.44. The summed E-state index contributed by atoms with van der Waals surface area (Å²) in [6.07, 6.45) is 6.36. The van der Waals surface area contributed by atoms with Gasteiger partial charge in [-0.2, -0.15) is 0 Å². The molecule has 0 aromatic carbocycles. The third kappa shape index (κ3) is 5.16. The highest BCUT2D eigenvalue weighted by Crippen LogP contribution is 2.22. The van der Waals surface area contributed by atoms with Crippen molar-refractivity contribution in [3.8, 4) is 0 Å². The second kappa shape index (κ2) is 9.40. The lowest BCUT2D eigenvalue weighted by Crippen LogP contribution is -2.48. The Morgan fingerprint density at radius 1 is 1.23 bits per heavy atom. The number of carbonyl (C=O) groups excluding carboxylic acids is 2. The van der Waals surface area contributed by atoms with Gasteiger partial charge >= 0.3 is 0 Å². The van der Waals surface area contributed by atoms with Gasteiger partial charge in [0.1, 0.15) is 6.04 Å². The smallest absolute Gasteiger partial charge is 0.243 e. The molecule has 2 heterocycles. The van der Waals surface area contributed by atoms with Crippen LogP contribution in [0.15, 0.2) is 0 Å². The molecule has 0 aromatic rings. The van der Waals surface area contributed by atoms with Crippen LogP contribution in [0, 0.1) is 0 Å². The van der Waals surface area contributed by atoms with Crippen LogP contribution in [0.25, 0.3) is 0 Å². The van der Waals surface area contributed by atoms with Crippen LogP contribution in [-0.2, 0) is 9.59 Å². The van der Waals surface area contributed by atoms with Gasteiger partial charge in [0, 0.05) is 25.3 Å². The lowest BCUT2D eigenvalue weighted by molar-refractivity contribution is -0.138. The lowest BCUT2D eigenvalue weighted by atomic mass is 10.1. The molecule has 2 aliphatic heterocycles. The van der Waals surface area contributed by atoms with Crippen LogP contribution >= 0.6 is 11.8 Å². The molecule has 2 amide bonds. The maximum absolute atomic E-state index is 12.3. The van der Waals surface area contributed by atoms with Gasteiger partial charge in [0.25, 0.3) is 0 Å². The molecule has 0 aromatic heterocycles. The van der Waals surface area contributed by atoms with Gasteiger partial charge in [-0.25, -0.2) is 0 Å². The van der Waals surface area contributed by atoms with Gasteiger partial charge < -0.3 is 15.1 Å². The van der Waals surface area contributed by atoms with Crippen molar-refractivity contribution in [3.05, 3.63) is 0 Å². The van der Waals surface area contributed by atoms with Gasteiger partial charge in [-0.15, -0.1) is 11.8 Å². The number of nitrogens with one attached hydrogen (secondary N) is 1. The predicted molar refractivity (Wildman–Crippen MR) is 90.8 cm³/mol. The minimum Gasteiger partial charge on any atom is -0.353 e. The molecule has 1 unspecified atom stereocenters. The van der Waals surface area contributed by atoms with Crippen LogP contribution < -0.4 is 5.32 Å². The molecule has 0 bridgehead atoms. The van der Waals surface area contributed by atoms with Crippen LogP contribution in [0.5, 0.6) is 0 Å². The summed E-state index contributed by atoms with van der Waals surface area (Å²) in [5.74, 6) is 1.54. The molecular formula is C16H29N3O2S. The molecule has 2 rings (SSSR count). The Labute approximate surface area is 138 Å². The fraction of sp³-hybridized carbons (Fsp3) is 0.875. The fourth-order valence-electron chi connectivity index (χ4n) is 3.02. The number of hydrogen-bond donors (Lipinski definition) is 1. The topological polar surface area (TPSA) is 52.7 Å². The van der Waals surface area contributed by atoms with Crippen LogP contribution in [0.1, 0.15) is 45.4 Å². The van der Waals surface area contributed by atoms with Crippen molar-refractivity contribution in [2.45, 2.75) is 51.5 Å². The van der Waals surface area contributed by atoms with Gasteiger partial charge in [-0.1, -0.05) is 19.8 Å². The summed E-state index contributed by atoms with van der Waals surface area (Å²) >= 11 is 1.68. The molecule has 2 saturated heterocycles. The van der Waals surface area contributed by atoms with E-state index in [1.54, 1.807) is 16.7 Å². The standard InChI is InChI=1S/C16H29N3O2S/c1-2-3-7-15(20)19-13-22-12-14(19)16(21)17-8-11-18-9-5-4-6-10-18/h14H,2-13H2,1H3,(H,17,21). The summed E-state index contributed by atoms with van der Waals surface area (Å²) in [4.78, 5) is 28.7. The van der Waals surface area contributed by atoms with E-state index in [0.717, 1.165) is 38.2 Å². The second-order valence-electron chi connectivity index (χ2n) is 6.18. The van der Waals surface area contributed by atoms with E-state index < -0.39 is 0 Å². The minimum absolute atomic E-state index is 0.0202. The van der Waals surface area contributed by atoms with Crippen molar-refractivity contribution in [3.63, 3.8) is 0 Å². The Hall–Kier alpha value is -0.750. The van der Waals surface area contributed by atoms with Crippen molar-refractivity contribution in [1.82, 2.24) is 15.1 Å². The Bertz CT molecular complexity index is 372. The second-order valence-corrected chi connectivity index (χ2v) is 7.18. The third-order valence-electron chi connectivity index (χ3n) is 4.43. The highest BCUT2D eigenvalue weighted by Gasteiger charge is 2.33. The maximum atomic E-state index is 12.3. The van der Waals surface area contributed by atoms with E-state index in [4.69, 9.17) is 0 Å². The lowest BCUT2D eigenvalue weighted by Gasteiger charge is -2.27. The highest BCUT2D eigenvalue weighted by molar-refractivity contribution is 7.99. The zero-order valence-electron chi connectivity index (χ0n) is 13.7. The average molecular weight is 327 g/mol. The van der Waals surface area contributed by atoms with E-state index in [9.17, 15) is 9.59 Å². The molecule has 2 fully saturated rings. The number of rotatable bonds is 7. The van der Waals surface area contributed by atoms with E-state index in [2.05, 4.69) is 17.1 Å². The van der Waals surface area contributed by atoms with E-state index in [1.807, 2.05) is 0 Å². The molecule has 126 valence electrons. The molecule has 0 spiro atoms. The first-order chi connectivity index (χ1) is 10.7. The summed E-state index contributed by atoms with van der Waals surface area (Å²) in [5.41, 5.74) is 0. The largest absolute Gasteiger partial charge is 0.353 e. The number of unbranched alkanes of at least 4 members (excludes halogenated alkanes) is 1. The molecule has 22 heavy (non-hydrogen) atoms. The van der Waals surface area contributed by atoms with Gasteiger partial charge in [0.2, 0.25) is 11.8 Å². The quantitative estimate of drug-likeness (QED) is 0.773. The number of thioether (sulfide) groups is 1. The average Bonchev–Trinajstić information content (AvgIpc) is 3.03. The van der Waals surface area contributed by atoms with Crippen LogP contribution in [-0.4, -0.2) is 65.5 Å². The first-order valence-electron chi connectivity index (χ1n) is 8.59. The summed E-state index contributed by atoms with van der Waals surface area (Å²) in [6.45, 7) is 6.00. The Morgan fingerprint density at radius 3 is 2.73 bits per heavy atom. The fourth-order valence-corrected chi connectivity index (χ4v) is 4.20. The molecule has 2 aliphatic rings. The summed E-state index contributed by atoms with van der Waals surface area (Å²) < 4.78 is 0. The first kappa shape index (κ1) is 17.6. The van der Waals surface area contributed by atoms with Crippen molar-refractivity contribution in [1.29, 1.82) is 0 Å². The van der Waals surface area contributed by atoms with Gasteiger partial charge in [0.05, 0.1) is 5.88 Å². The number of nitrogens with zero attached hydrogens (tertiary/aromatic N) is 2. The molecule has 0 aliphatic carbocycles. The number of hydrogen-bond acceptors (Lipinski definition) is 4. The first-order valence-corrected chi connectivity index (χ1v) is 9.75. The van der Waals surface area contributed by atoms with Crippen molar-refractivity contribution in [2.75, 3.05) is 37.8 Å². The molecule has 1 atom stereocenters. The van der Waals surface area contributed by atoms with Crippen molar-refractivity contribution < 1.29 is 9.59 Å². The van der Waals surface area contributed by atoms with Crippen molar-refractivity contribution >= 4 is 23.6 Å².